The van der Waals surface area contributed by atoms with Gasteiger partial charge in [0.2, 0.25) is 0 Å². The van der Waals surface area contributed by atoms with Crippen LogP contribution in [0.3, 0.4) is 0 Å². The second kappa shape index (κ2) is 4.72. The number of hydrogen-bond donors (Lipinski definition) is 1. The summed E-state index contributed by atoms with van der Waals surface area (Å²) in [7, 11) is 0. The predicted octanol–water partition coefficient (Wildman–Crippen LogP) is 4.33. The van der Waals surface area contributed by atoms with Gasteiger partial charge in [-0.25, -0.2) is 8.78 Å². The third-order valence-corrected chi connectivity index (χ3v) is 3.39. The SMILES string of the molecule is O=C(c1c(F)cccc1Cl)c1c[nH]c2ccc(F)cc12. The number of aromatic amines is 1. The van der Waals surface area contributed by atoms with Gasteiger partial charge in [0, 0.05) is 22.7 Å². The van der Waals surface area contributed by atoms with Gasteiger partial charge in [-0.15, -0.1) is 0 Å². The summed E-state index contributed by atoms with van der Waals surface area (Å²) < 4.78 is 27.1. The summed E-state index contributed by atoms with van der Waals surface area (Å²) in [5.74, 6) is -1.75. The van der Waals surface area contributed by atoms with Crippen LogP contribution < -0.4 is 0 Å². The molecule has 1 N–H and O–H groups in total. The molecule has 0 aliphatic carbocycles. The summed E-state index contributed by atoms with van der Waals surface area (Å²) in [6.07, 6.45) is 1.43. The van der Waals surface area contributed by atoms with Crippen LogP contribution in [-0.2, 0) is 0 Å². The Balaban J connectivity index is 2.21. The lowest BCUT2D eigenvalue weighted by Gasteiger charge is -2.04. The molecule has 1 heterocycles. The molecule has 5 heteroatoms. The monoisotopic (exact) mass is 291 g/mol. The number of nitrogens with one attached hydrogen (secondary N) is 1. The van der Waals surface area contributed by atoms with Gasteiger partial charge in [-0.3, -0.25) is 4.79 Å². The van der Waals surface area contributed by atoms with Gasteiger partial charge in [0.15, 0.2) is 5.78 Å². The van der Waals surface area contributed by atoms with Crippen molar-refractivity contribution in [2.45, 2.75) is 0 Å². The van der Waals surface area contributed by atoms with Gasteiger partial charge in [0.1, 0.15) is 11.6 Å². The molecule has 0 unspecified atom stereocenters. The third kappa shape index (κ3) is 1.98. The van der Waals surface area contributed by atoms with E-state index >= 15 is 0 Å². The van der Waals surface area contributed by atoms with Crippen molar-refractivity contribution >= 4 is 28.3 Å². The minimum atomic E-state index is -0.701. The van der Waals surface area contributed by atoms with Crippen LogP contribution in [0, 0.1) is 11.6 Å². The van der Waals surface area contributed by atoms with Crippen molar-refractivity contribution in [1.82, 2.24) is 4.98 Å². The number of benzene rings is 2. The molecule has 0 radical (unpaired) electrons. The van der Waals surface area contributed by atoms with Crippen LogP contribution >= 0.6 is 11.6 Å². The number of rotatable bonds is 2. The first kappa shape index (κ1) is 12.8. The molecule has 100 valence electrons. The minimum absolute atomic E-state index is 0.0285. The van der Waals surface area contributed by atoms with Gasteiger partial charge in [-0.05, 0) is 30.3 Å². The summed E-state index contributed by atoms with van der Waals surface area (Å²) in [5.41, 5.74) is 0.577. The maximum Gasteiger partial charge on any atom is 0.199 e. The molecule has 0 aliphatic heterocycles. The van der Waals surface area contributed by atoms with Crippen molar-refractivity contribution in [3.8, 4) is 0 Å². The number of aromatic nitrogens is 1. The largest absolute Gasteiger partial charge is 0.360 e. The number of fused-ring (bicyclic) bond motifs is 1. The summed E-state index contributed by atoms with van der Waals surface area (Å²) in [4.78, 5) is 15.3. The van der Waals surface area contributed by atoms with E-state index in [1.165, 1.54) is 36.5 Å². The first-order valence-corrected chi connectivity index (χ1v) is 6.21. The Morgan fingerprint density at radius 2 is 1.95 bits per heavy atom. The average Bonchev–Trinajstić information content (AvgIpc) is 2.81. The van der Waals surface area contributed by atoms with Crippen molar-refractivity contribution < 1.29 is 13.6 Å². The molecule has 0 amide bonds. The van der Waals surface area contributed by atoms with E-state index in [1.807, 2.05) is 0 Å². The van der Waals surface area contributed by atoms with E-state index < -0.39 is 17.4 Å². The molecular weight excluding hydrogens is 284 g/mol. The highest BCUT2D eigenvalue weighted by Gasteiger charge is 2.20. The Kier molecular flexibility index (Phi) is 3.03. The fourth-order valence-corrected chi connectivity index (χ4v) is 2.38. The van der Waals surface area contributed by atoms with Gasteiger partial charge in [-0.1, -0.05) is 17.7 Å². The number of halogens is 3. The van der Waals surface area contributed by atoms with Crippen molar-refractivity contribution in [3.63, 3.8) is 0 Å². The van der Waals surface area contributed by atoms with Gasteiger partial charge in [0.25, 0.3) is 0 Å². The van der Waals surface area contributed by atoms with Crippen LogP contribution in [-0.4, -0.2) is 10.8 Å². The molecule has 0 saturated carbocycles. The molecule has 3 rings (SSSR count). The molecule has 0 aliphatic rings. The van der Waals surface area contributed by atoms with Crippen LogP contribution in [0.4, 0.5) is 8.78 Å². The molecule has 0 atom stereocenters. The third-order valence-electron chi connectivity index (χ3n) is 3.08. The molecule has 2 aromatic carbocycles. The van der Waals surface area contributed by atoms with Crippen LogP contribution in [0.15, 0.2) is 42.6 Å². The summed E-state index contributed by atoms with van der Waals surface area (Å²) in [6.45, 7) is 0. The van der Waals surface area contributed by atoms with Gasteiger partial charge >= 0.3 is 0 Å². The lowest BCUT2D eigenvalue weighted by Crippen LogP contribution is -2.04. The number of ketones is 1. The van der Waals surface area contributed by atoms with E-state index in [0.717, 1.165) is 6.07 Å². The van der Waals surface area contributed by atoms with Crippen LogP contribution in [0.25, 0.3) is 10.9 Å². The Bertz CT molecular complexity index is 806. The maximum absolute atomic E-state index is 13.8. The molecule has 0 bridgehead atoms. The topological polar surface area (TPSA) is 32.9 Å². The number of carbonyl (C=O) groups excluding carboxylic acids is 1. The smallest absolute Gasteiger partial charge is 0.199 e. The molecule has 2 nitrogen and oxygen atoms in total. The second-order valence-electron chi connectivity index (χ2n) is 4.32. The van der Waals surface area contributed by atoms with E-state index in [4.69, 9.17) is 11.6 Å². The maximum atomic E-state index is 13.8. The zero-order valence-corrected chi connectivity index (χ0v) is 10.8. The van der Waals surface area contributed by atoms with Gasteiger partial charge < -0.3 is 4.98 Å². The van der Waals surface area contributed by atoms with Gasteiger partial charge in [0.05, 0.1) is 10.6 Å². The predicted molar refractivity (Wildman–Crippen MR) is 73.1 cm³/mol. The number of carbonyl (C=O) groups is 1. The highest BCUT2D eigenvalue weighted by Crippen LogP contribution is 2.26. The lowest BCUT2D eigenvalue weighted by atomic mass is 10.0. The molecule has 20 heavy (non-hydrogen) atoms. The Morgan fingerprint density at radius 3 is 2.70 bits per heavy atom. The Labute approximate surface area is 118 Å². The second-order valence-corrected chi connectivity index (χ2v) is 4.73. The van der Waals surface area contributed by atoms with Crippen molar-refractivity contribution in [2.75, 3.05) is 0 Å². The zero-order valence-electron chi connectivity index (χ0n) is 10.1. The molecule has 1 aromatic heterocycles. The minimum Gasteiger partial charge on any atom is -0.360 e. The molecule has 3 aromatic rings. The van der Waals surface area contributed by atoms with Crippen LogP contribution in [0.1, 0.15) is 15.9 Å². The van der Waals surface area contributed by atoms with Crippen molar-refractivity contribution in [1.29, 1.82) is 0 Å². The standard InChI is InChI=1S/C15H8ClF2NO/c16-11-2-1-3-12(18)14(11)15(20)10-7-19-13-5-4-8(17)6-9(10)13/h1-7,19H. The highest BCUT2D eigenvalue weighted by atomic mass is 35.5. The van der Waals surface area contributed by atoms with Crippen molar-refractivity contribution in [3.05, 3.63) is 70.4 Å². The van der Waals surface area contributed by atoms with Crippen molar-refractivity contribution in [2.24, 2.45) is 0 Å². The molecule has 0 spiro atoms. The van der Waals surface area contributed by atoms with Gasteiger partial charge in [-0.2, -0.15) is 0 Å². The summed E-state index contributed by atoms with van der Waals surface area (Å²) in [6, 6.07) is 8.05. The molecule has 0 saturated heterocycles. The first-order valence-electron chi connectivity index (χ1n) is 5.83. The Morgan fingerprint density at radius 1 is 1.15 bits per heavy atom. The quantitative estimate of drug-likeness (QED) is 0.700. The normalized spacial score (nSPS) is 10.9. The van der Waals surface area contributed by atoms with E-state index in [0.29, 0.717) is 10.9 Å². The van der Waals surface area contributed by atoms with Crippen LogP contribution in [0.5, 0.6) is 0 Å². The number of H-pyrrole nitrogens is 1. The van der Waals surface area contributed by atoms with E-state index in [9.17, 15) is 13.6 Å². The fourth-order valence-electron chi connectivity index (χ4n) is 2.13. The molecular formula is C15H8ClF2NO. The first-order chi connectivity index (χ1) is 9.58. The lowest BCUT2D eigenvalue weighted by molar-refractivity contribution is 0.103. The van der Waals surface area contributed by atoms with Crippen LogP contribution in [0.2, 0.25) is 5.02 Å². The Hall–Kier alpha value is -2.20. The van der Waals surface area contributed by atoms with E-state index in [2.05, 4.69) is 4.98 Å². The average molecular weight is 292 g/mol. The molecule has 0 fully saturated rings. The fraction of sp³-hybridized carbons (Fsp3) is 0. The zero-order chi connectivity index (χ0) is 14.3. The van der Waals surface area contributed by atoms with E-state index in [-0.39, 0.29) is 16.1 Å². The number of hydrogen-bond acceptors (Lipinski definition) is 1. The highest BCUT2D eigenvalue weighted by molar-refractivity contribution is 6.35. The van der Waals surface area contributed by atoms with E-state index in [1.54, 1.807) is 0 Å². The summed E-state index contributed by atoms with van der Waals surface area (Å²) >= 11 is 5.88. The summed E-state index contributed by atoms with van der Waals surface area (Å²) in [5, 5.41) is 0.426.